The van der Waals surface area contributed by atoms with Crippen molar-refractivity contribution in [3.63, 3.8) is 0 Å². The molecule has 1 aromatic carbocycles. The van der Waals surface area contributed by atoms with E-state index in [0.717, 1.165) is 6.42 Å². The average molecular weight is 327 g/mol. The molecule has 1 N–H and O–H groups in total. The van der Waals surface area contributed by atoms with Gasteiger partial charge in [-0.05, 0) is 30.0 Å². The largest absolute Gasteiger partial charge is 0.313 e. The molecule has 2 aliphatic rings. The normalized spacial score (nSPS) is 28.1. The van der Waals surface area contributed by atoms with Crippen molar-refractivity contribution >= 4 is 10.2 Å². The predicted molar refractivity (Wildman–Crippen MR) is 83.0 cm³/mol. The number of piperazine rings is 1. The van der Waals surface area contributed by atoms with Crippen LogP contribution in [0.1, 0.15) is 24.9 Å². The molecule has 0 bridgehead atoms. The van der Waals surface area contributed by atoms with E-state index in [2.05, 4.69) is 12.2 Å². The first-order valence-corrected chi connectivity index (χ1v) is 9.11. The summed E-state index contributed by atoms with van der Waals surface area (Å²) >= 11 is 0. The molecule has 0 spiro atoms. The molecule has 0 aliphatic carbocycles. The zero-order chi connectivity index (χ0) is 15.7. The summed E-state index contributed by atoms with van der Waals surface area (Å²) in [5, 5.41) is 3.21. The Morgan fingerprint density at radius 3 is 2.82 bits per heavy atom. The van der Waals surface area contributed by atoms with Gasteiger partial charge >= 0.3 is 0 Å². The van der Waals surface area contributed by atoms with Crippen molar-refractivity contribution in [3.8, 4) is 0 Å². The monoisotopic (exact) mass is 327 g/mol. The van der Waals surface area contributed by atoms with Crippen LogP contribution in [0.5, 0.6) is 0 Å². The molecule has 3 rings (SSSR count). The second kappa shape index (κ2) is 6.23. The highest BCUT2D eigenvalue weighted by Gasteiger charge is 2.39. The lowest BCUT2D eigenvalue weighted by Gasteiger charge is -2.37. The summed E-state index contributed by atoms with van der Waals surface area (Å²) in [7, 11) is -3.50. The highest BCUT2D eigenvalue weighted by Crippen LogP contribution is 2.29. The molecule has 0 aromatic heterocycles. The third kappa shape index (κ3) is 3.03. The summed E-state index contributed by atoms with van der Waals surface area (Å²) in [6.45, 7) is 4.75. The highest BCUT2D eigenvalue weighted by molar-refractivity contribution is 7.86. The molecule has 122 valence electrons. The third-order valence-electron chi connectivity index (χ3n) is 4.44. The molecule has 2 heterocycles. The standard InChI is InChI=1S/C15H22FN3O2S/c1-12-5-7-18(11-12)22(20,21)19-8-6-17-10-15(19)13-3-2-4-14(16)9-13/h2-4,9,12,15,17H,5-8,10-11H2,1H3. The predicted octanol–water partition coefficient (Wildman–Crippen LogP) is 1.36. The number of hydrogen-bond donors (Lipinski definition) is 1. The zero-order valence-electron chi connectivity index (χ0n) is 12.7. The number of halogens is 1. The van der Waals surface area contributed by atoms with E-state index in [1.54, 1.807) is 16.4 Å². The number of nitrogens with zero attached hydrogens (tertiary/aromatic N) is 2. The molecule has 0 saturated carbocycles. The van der Waals surface area contributed by atoms with Crippen LogP contribution in [0.3, 0.4) is 0 Å². The van der Waals surface area contributed by atoms with Crippen molar-refractivity contribution in [2.45, 2.75) is 19.4 Å². The van der Waals surface area contributed by atoms with Crippen LogP contribution < -0.4 is 5.32 Å². The first-order valence-electron chi connectivity index (χ1n) is 7.71. The summed E-state index contributed by atoms with van der Waals surface area (Å²) in [4.78, 5) is 0. The molecular formula is C15H22FN3O2S. The minimum Gasteiger partial charge on any atom is -0.313 e. The SMILES string of the molecule is CC1CCN(S(=O)(=O)N2CCNCC2c2cccc(F)c2)C1. The molecule has 2 saturated heterocycles. The van der Waals surface area contributed by atoms with Crippen molar-refractivity contribution in [3.05, 3.63) is 35.6 Å². The molecular weight excluding hydrogens is 305 g/mol. The van der Waals surface area contributed by atoms with Gasteiger partial charge in [-0.15, -0.1) is 0 Å². The van der Waals surface area contributed by atoms with Crippen LogP contribution in [-0.4, -0.2) is 49.8 Å². The van der Waals surface area contributed by atoms with Crippen molar-refractivity contribution in [1.82, 2.24) is 13.9 Å². The summed E-state index contributed by atoms with van der Waals surface area (Å²) in [6, 6.07) is 5.86. The lowest BCUT2D eigenvalue weighted by molar-refractivity contribution is 0.251. The van der Waals surface area contributed by atoms with E-state index in [1.165, 1.54) is 16.4 Å². The van der Waals surface area contributed by atoms with Gasteiger partial charge in [0, 0.05) is 32.7 Å². The fraction of sp³-hybridized carbons (Fsp3) is 0.600. The first-order chi connectivity index (χ1) is 10.5. The smallest absolute Gasteiger partial charge is 0.282 e. The Bertz CT molecular complexity index is 637. The third-order valence-corrected chi connectivity index (χ3v) is 6.45. The summed E-state index contributed by atoms with van der Waals surface area (Å²) in [6.07, 6.45) is 0.899. The van der Waals surface area contributed by atoms with Crippen LogP contribution >= 0.6 is 0 Å². The Balaban J connectivity index is 1.89. The van der Waals surface area contributed by atoms with Gasteiger partial charge < -0.3 is 5.32 Å². The van der Waals surface area contributed by atoms with Crippen LogP contribution in [0.4, 0.5) is 4.39 Å². The van der Waals surface area contributed by atoms with Crippen LogP contribution in [0.25, 0.3) is 0 Å². The first kappa shape index (κ1) is 15.9. The van der Waals surface area contributed by atoms with Gasteiger partial charge in [0.15, 0.2) is 0 Å². The molecule has 2 unspecified atom stereocenters. The minimum absolute atomic E-state index is 0.338. The summed E-state index contributed by atoms with van der Waals surface area (Å²) in [5.41, 5.74) is 0.697. The maximum Gasteiger partial charge on any atom is 0.282 e. The lowest BCUT2D eigenvalue weighted by Crippen LogP contribution is -2.52. The second-order valence-corrected chi connectivity index (χ2v) is 8.03. The Kier molecular flexibility index (Phi) is 4.49. The van der Waals surface area contributed by atoms with Crippen LogP contribution in [-0.2, 0) is 10.2 Å². The van der Waals surface area contributed by atoms with Crippen molar-refractivity contribution in [2.24, 2.45) is 5.92 Å². The van der Waals surface area contributed by atoms with Gasteiger partial charge in [0.2, 0.25) is 0 Å². The molecule has 2 atom stereocenters. The molecule has 1 aromatic rings. The van der Waals surface area contributed by atoms with E-state index in [1.807, 2.05) is 0 Å². The van der Waals surface area contributed by atoms with Gasteiger partial charge in [0.05, 0.1) is 6.04 Å². The maximum atomic E-state index is 13.5. The minimum atomic E-state index is -3.50. The van der Waals surface area contributed by atoms with E-state index in [9.17, 15) is 12.8 Å². The number of rotatable bonds is 3. The topological polar surface area (TPSA) is 52.7 Å². The summed E-state index contributed by atoms with van der Waals surface area (Å²) in [5.74, 6) is 0.0560. The van der Waals surface area contributed by atoms with E-state index in [-0.39, 0.29) is 11.9 Å². The van der Waals surface area contributed by atoms with Crippen molar-refractivity contribution in [2.75, 3.05) is 32.7 Å². The van der Waals surface area contributed by atoms with E-state index >= 15 is 0 Å². The van der Waals surface area contributed by atoms with Gasteiger partial charge in [-0.2, -0.15) is 17.0 Å². The fourth-order valence-corrected chi connectivity index (χ4v) is 5.13. The summed E-state index contributed by atoms with van der Waals surface area (Å²) < 4.78 is 42.5. The van der Waals surface area contributed by atoms with Crippen molar-refractivity contribution in [1.29, 1.82) is 0 Å². The van der Waals surface area contributed by atoms with E-state index in [0.29, 0.717) is 44.2 Å². The van der Waals surface area contributed by atoms with E-state index < -0.39 is 10.2 Å². The average Bonchev–Trinajstić information content (AvgIpc) is 2.95. The van der Waals surface area contributed by atoms with Gasteiger partial charge in [-0.3, -0.25) is 0 Å². The van der Waals surface area contributed by atoms with E-state index in [4.69, 9.17) is 0 Å². The molecule has 2 fully saturated rings. The Labute approximate surface area is 131 Å². The molecule has 2 aliphatic heterocycles. The molecule has 5 nitrogen and oxygen atoms in total. The fourth-order valence-electron chi connectivity index (χ4n) is 3.21. The second-order valence-electron chi connectivity index (χ2n) is 6.15. The molecule has 22 heavy (non-hydrogen) atoms. The number of benzene rings is 1. The molecule has 7 heteroatoms. The highest BCUT2D eigenvalue weighted by atomic mass is 32.2. The van der Waals surface area contributed by atoms with Gasteiger partial charge in [0.25, 0.3) is 10.2 Å². The number of nitrogens with one attached hydrogen (secondary N) is 1. The quantitative estimate of drug-likeness (QED) is 0.912. The van der Waals surface area contributed by atoms with Crippen LogP contribution in [0.2, 0.25) is 0 Å². The Morgan fingerprint density at radius 2 is 2.14 bits per heavy atom. The lowest BCUT2D eigenvalue weighted by atomic mass is 10.1. The molecule has 0 amide bonds. The van der Waals surface area contributed by atoms with Crippen molar-refractivity contribution < 1.29 is 12.8 Å². The Hall–Kier alpha value is -1.02. The number of hydrogen-bond acceptors (Lipinski definition) is 3. The van der Waals surface area contributed by atoms with Crippen LogP contribution in [0.15, 0.2) is 24.3 Å². The molecule has 0 radical (unpaired) electrons. The van der Waals surface area contributed by atoms with Crippen LogP contribution in [0, 0.1) is 11.7 Å². The van der Waals surface area contributed by atoms with Gasteiger partial charge in [-0.1, -0.05) is 19.1 Å². The Morgan fingerprint density at radius 1 is 1.32 bits per heavy atom. The zero-order valence-corrected chi connectivity index (χ0v) is 13.5. The maximum absolute atomic E-state index is 13.5. The van der Waals surface area contributed by atoms with Gasteiger partial charge in [0.1, 0.15) is 5.82 Å². The van der Waals surface area contributed by atoms with Gasteiger partial charge in [-0.25, -0.2) is 4.39 Å².